The molecule has 2 aliphatic heterocycles. The predicted molar refractivity (Wildman–Crippen MR) is 113 cm³/mol. The zero-order chi connectivity index (χ0) is 17.2. The Morgan fingerprint density at radius 1 is 0.926 bits per heavy atom. The minimum Gasteiger partial charge on any atom is -0.379 e. The van der Waals surface area contributed by atoms with Gasteiger partial charge in [-0.05, 0) is 56.3 Å². The van der Waals surface area contributed by atoms with Crippen LogP contribution in [0.1, 0.15) is 44.9 Å². The lowest BCUT2D eigenvalue weighted by molar-refractivity contribution is -0.140. The number of nitrogens with zero attached hydrogens (tertiary/aromatic N) is 2. The standard InChI is InChI=1S/C20H35N3O2.2ClH/c21-19-16-2-1-3-17(19)13-18(12-16)20(24)23-6-4-15(5-7-23)14-22-8-10-25-11-9-22;;/h15-19H,1-14,21H2;2*1H. The molecule has 2 unspecified atom stereocenters. The fourth-order valence-corrected chi connectivity index (χ4v) is 5.73. The van der Waals surface area contributed by atoms with E-state index in [4.69, 9.17) is 10.5 Å². The maximum atomic E-state index is 13.0. The van der Waals surface area contributed by atoms with E-state index in [9.17, 15) is 4.79 Å². The highest BCUT2D eigenvalue weighted by molar-refractivity contribution is 5.85. The van der Waals surface area contributed by atoms with E-state index < -0.39 is 0 Å². The van der Waals surface area contributed by atoms with Crippen LogP contribution in [0.5, 0.6) is 0 Å². The Balaban J connectivity index is 0.00000131. The SMILES string of the molecule is Cl.Cl.NC1C2CCCC1CC(C(=O)N1CCC(CN3CCOCC3)CC1)C2. The van der Waals surface area contributed by atoms with E-state index in [1.165, 1.54) is 38.6 Å². The fraction of sp³-hybridized carbons (Fsp3) is 0.950. The van der Waals surface area contributed by atoms with Crippen molar-refractivity contribution in [2.45, 2.75) is 51.0 Å². The number of amides is 1. The lowest BCUT2D eigenvalue weighted by Gasteiger charge is -2.45. The van der Waals surface area contributed by atoms with E-state index in [0.29, 0.717) is 23.8 Å². The number of hydrogen-bond donors (Lipinski definition) is 1. The van der Waals surface area contributed by atoms with Gasteiger partial charge in [-0.3, -0.25) is 9.69 Å². The molecule has 0 aromatic carbocycles. The lowest BCUT2D eigenvalue weighted by atomic mass is 9.65. The third-order valence-corrected chi connectivity index (χ3v) is 7.31. The van der Waals surface area contributed by atoms with Crippen LogP contribution >= 0.6 is 24.8 Å². The topological polar surface area (TPSA) is 58.8 Å². The highest BCUT2D eigenvalue weighted by Crippen LogP contribution is 2.42. The minimum atomic E-state index is 0. The molecular weight excluding hydrogens is 385 g/mol. The Labute approximate surface area is 176 Å². The smallest absolute Gasteiger partial charge is 0.225 e. The molecule has 27 heavy (non-hydrogen) atoms. The summed E-state index contributed by atoms with van der Waals surface area (Å²) in [4.78, 5) is 17.8. The van der Waals surface area contributed by atoms with Gasteiger partial charge in [-0.2, -0.15) is 0 Å². The zero-order valence-corrected chi connectivity index (χ0v) is 18.0. The molecule has 0 aromatic heterocycles. The van der Waals surface area contributed by atoms with E-state index in [1.54, 1.807) is 0 Å². The van der Waals surface area contributed by atoms with Crippen molar-refractivity contribution in [1.29, 1.82) is 0 Å². The molecule has 2 bridgehead atoms. The molecule has 2 aliphatic carbocycles. The van der Waals surface area contributed by atoms with Gasteiger partial charge in [0.1, 0.15) is 0 Å². The summed E-state index contributed by atoms with van der Waals surface area (Å²) in [5, 5.41) is 0. The molecule has 2 heterocycles. The summed E-state index contributed by atoms with van der Waals surface area (Å²) in [6.07, 6.45) is 8.22. The Bertz CT molecular complexity index is 454. The number of rotatable bonds is 3. The van der Waals surface area contributed by atoms with Crippen LogP contribution in [-0.2, 0) is 9.53 Å². The number of halogens is 2. The van der Waals surface area contributed by atoms with Crippen LogP contribution in [0.25, 0.3) is 0 Å². The summed E-state index contributed by atoms with van der Waals surface area (Å²) >= 11 is 0. The van der Waals surface area contributed by atoms with E-state index >= 15 is 0 Å². The van der Waals surface area contributed by atoms with Crippen molar-refractivity contribution in [3.8, 4) is 0 Å². The Morgan fingerprint density at radius 3 is 2.11 bits per heavy atom. The quantitative estimate of drug-likeness (QED) is 0.760. The van der Waals surface area contributed by atoms with Crippen LogP contribution in [0, 0.1) is 23.7 Å². The summed E-state index contributed by atoms with van der Waals surface area (Å²) in [7, 11) is 0. The molecule has 2 saturated carbocycles. The first-order chi connectivity index (χ1) is 12.2. The van der Waals surface area contributed by atoms with Gasteiger partial charge >= 0.3 is 0 Å². The van der Waals surface area contributed by atoms with Crippen molar-refractivity contribution in [3.63, 3.8) is 0 Å². The monoisotopic (exact) mass is 421 g/mol. The number of fused-ring (bicyclic) bond motifs is 2. The second-order valence-corrected chi connectivity index (χ2v) is 8.88. The first kappa shape index (κ1) is 23.2. The molecule has 4 rings (SSSR count). The molecule has 1 amide bonds. The summed E-state index contributed by atoms with van der Waals surface area (Å²) < 4.78 is 5.44. The molecule has 0 radical (unpaired) electrons. The first-order valence-corrected chi connectivity index (χ1v) is 10.5. The first-order valence-electron chi connectivity index (χ1n) is 10.5. The number of likely N-dealkylation sites (tertiary alicyclic amines) is 1. The van der Waals surface area contributed by atoms with Gasteiger partial charge < -0.3 is 15.4 Å². The Kier molecular flexibility index (Phi) is 9.14. The zero-order valence-electron chi connectivity index (χ0n) is 16.4. The molecule has 0 spiro atoms. The number of carbonyl (C=O) groups excluding carboxylic acids is 1. The molecule has 7 heteroatoms. The number of carbonyl (C=O) groups is 1. The normalized spacial score (nSPS) is 35.1. The molecule has 2 N–H and O–H groups in total. The van der Waals surface area contributed by atoms with Crippen molar-refractivity contribution < 1.29 is 9.53 Å². The molecule has 2 saturated heterocycles. The molecule has 0 aromatic rings. The summed E-state index contributed by atoms with van der Waals surface area (Å²) in [5.74, 6) is 2.64. The van der Waals surface area contributed by atoms with Gasteiger partial charge in [-0.1, -0.05) is 6.42 Å². The van der Waals surface area contributed by atoms with Gasteiger partial charge in [0.25, 0.3) is 0 Å². The van der Waals surface area contributed by atoms with Gasteiger partial charge in [0.15, 0.2) is 0 Å². The van der Waals surface area contributed by atoms with Crippen LogP contribution < -0.4 is 5.73 Å². The maximum absolute atomic E-state index is 13.0. The third-order valence-electron chi connectivity index (χ3n) is 7.31. The molecule has 4 fully saturated rings. The van der Waals surface area contributed by atoms with E-state index in [2.05, 4.69) is 9.80 Å². The number of piperidine rings is 1. The maximum Gasteiger partial charge on any atom is 0.225 e. The highest BCUT2D eigenvalue weighted by Gasteiger charge is 2.42. The van der Waals surface area contributed by atoms with Crippen LogP contribution in [-0.4, -0.2) is 67.7 Å². The highest BCUT2D eigenvalue weighted by atomic mass is 35.5. The second kappa shape index (κ2) is 10.6. The number of hydrogen-bond acceptors (Lipinski definition) is 4. The van der Waals surface area contributed by atoms with Crippen molar-refractivity contribution in [2.75, 3.05) is 45.9 Å². The van der Waals surface area contributed by atoms with Gasteiger partial charge in [0.2, 0.25) is 5.91 Å². The lowest BCUT2D eigenvalue weighted by Crippen LogP contribution is -2.51. The van der Waals surface area contributed by atoms with Crippen molar-refractivity contribution in [2.24, 2.45) is 29.4 Å². The summed E-state index contributed by atoms with van der Waals surface area (Å²) in [6.45, 7) is 7.02. The molecular formula is C20H37Cl2N3O2. The Morgan fingerprint density at radius 2 is 1.52 bits per heavy atom. The Hall–Kier alpha value is -0.0700. The number of ether oxygens (including phenoxy) is 1. The molecule has 5 nitrogen and oxygen atoms in total. The number of nitrogens with two attached hydrogens (primary N) is 1. The predicted octanol–water partition coefficient (Wildman–Crippen LogP) is 2.55. The fourth-order valence-electron chi connectivity index (χ4n) is 5.73. The third kappa shape index (κ3) is 5.51. The molecule has 4 aliphatic rings. The largest absolute Gasteiger partial charge is 0.379 e. The van der Waals surface area contributed by atoms with Gasteiger partial charge in [-0.25, -0.2) is 0 Å². The average molecular weight is 422 g/mol. The van der Waals surface area contributed by atoms with E-state index in [1.807, 2.05) is 0 Å². The van der Waals surface area contributed by atoms with Crippen molar-refractivity contribution in [1.82, 2.24) is 9.80 Å². The van der Waals surface area contributed by atoms with E-state index in [0.717, 1.165) is 58.2 Å². The van der Waals surface area contributed by atoms with Gasteiger partial charge in [0, 0.05) is 44.7 Å². The number of morpholine rings is 1. The van der Waals surface area contributed by atoms with Crippen LogP contribution in [0.2, 0.25) is 0 Å². The molecule has 2 atom stereocenters. The summed E-state index contributed by atoms with van der Waals surface area (Å²) in [6, 6.07) is 0.358. The van der Waals surface area contributed by atoms with Crippen LogP contribution in [0.15, 0.2) is 0 Å². The van der Waals surface area contributed by atoms with Crippen molar-refractivity contribution >= 4 is 30.7 Å². The average Bonchev–Trinajstić information content (AvgIpc) is 2.62. The van der Waals surface area contributed by atoms with E-state index in [-0.39, 0.29) is 30.7 Å². The van der Waals surface area contributed by atoms with Crippen molar-refractivity contribution in [3.05, 3.63) is 0 Å². The second-order valence-electron chi connectivity index (χ2n) is 8.88. The van der Waals surface area contributed by atoms with Gasteiger partial charge in [-0.15, -0.1) is 24.8 Å². The van der Waals surface area contributed by atoms with Crippen LogP contribution in [0.4, 0.5) is 0 Å². The molecule has 158 valence electrons. The van der Waals surface area contributed by atoms with Crippen LogP contribution in [0.3, 0.4) is 0 Å². The summed E-state index contributed by atoms with van der Waals surface area (Å²) in [5.41, 5.74) is 6.39. The van der Waals surface area contributed by atoms with Gasteiger partial charge in [0.05, 0.1) is 13.2 Å². The minimum absolute atomic E-state index is 0.